The first-order valence-electron chi connectivity index (χ1n) is 5.85. The molecule has 0 unspecified atom stereocenters. The van der Waals surface area contributed by atoms with Crippen molar-refractivity contribution in [3.63, 3.8) is 0 Å². The van der Waals surface area contributed by atoms with Gasteiger partial charge < -0.3 is 4.90 Å². The minimum atomic E-state index is 0.914. The zero-order valence-electron chi connectivity index (χ0n) is 9.76. The van der Waals surface area contributed by atoms with Crippen LogP contribution in [0, 0.1) is 0 Å². The van der Waals surface area contributed by atoms with Crippen LogP contribution in [0.5, 0.6) is 0 Å². The molecule has 0 saturated heterocycles. The Morgan fingerprint density at radius 3 is 3.12 bits per heavy atom. The topological polar surface area (TPSA) is 16.1 Å². The molecular weight excluding hydrogens is 228 g/mol. The van der Waals surface area contributed by atoms with Crippen molar-refractivity contribution in [2.24, 2.45) is 0 Å². The summed E-state index contributed by atoms with van der Waals surface area (Å²) < 4.78 is 0. The largest absolute Gasteiger partial charge is 0.313 e. The van der Waals surface area contributed by atoms with Crippen LogP contribution in [0.25, 0.3) is 6.08 Å². The first-order chi connectivity index (χ1) is 8.40. The highest BCUT2D eigenvalue weighted by molar-refractivity contribution is 7.13. The molecule has 1 aromatic carbocycles. The van der Waals surface area contributed by atoms with Crippen LogP contribution in [0.3, 0.4) is 0 Å². The lowest BCUT2D eigenvalue weighted by Crippen LogP contribution is -2.21. The van der Waals surface area contributed by atoms with Gasteiger partial charge in [-0.1, -0.05) is 37.3 Å². The van der Waals surface area contributed by atoms with E-state index in [0.717, 1.165) is 18.1 Å². The summed E-state index contributed by atoms with van der Waals surface area (Å²) in [6.07, 6.45) is 7.33. The summed E-state index contributed by atoms with van der Waals surface area (Å²) in [5, 5.41) is 3.11. The van der Waals surface area contributed by atoms with Gasteiger partial charge in [-0.15, -0.1) is 11.3 Å². The van der Waals surface area contributed by atoms with Gasteiger partial charge in [-0.25, -0.2) is 4.98 Å². The smallest absolute Gasteiger partial charge is 0.190 e. The van der Waals surface area contributed by atoms with Gasteiger partial charge in [0.25, 0.3) is 0 Å². The molecule has 0 saturated carbocycles. The number of hydrogen-bond acceptors (Lipinski definition) is 3. The fourth-order valence-electron chi connectivity index (χ4n) is 2.26. The van der Waals surface area contributed by atoms with Crippen LogP contribution >= 0.6 is 11.3 Å². The second kappa shape index (κ2) is 4.34. The zero-order chi connectivity index (χ0) is 11.7. The van der Waals surface area contributed by atoms with Crippen molar-refractivity contribution >= 4 is 28.2 Å². The van der Waals surface area contributed by atoms with Crippen LogP contribution in [-0.4, -0.2) is 11.5 Å². The number of fused-ring (bicyclic) bond motifs is 1. The molecule has 1 aliphatic rings. The molecule has 0 N–H and O–H groups in total. The third-order valence-electron chi connectivity index (χ3n) is 3.04. The second-order valence-corrected chi connectivity index (χ2v) is 4.91. The minimum absolute atomic E-state index is 0.914. The Balaban J connectivity index is 2.15. The van der Waals surface area contributed by atoms with Crippen molar-refractivity contribution in [2.75, 3.05) is 11.4 Å². The number of anilines is 2. The van der Waals surface area contributed by atoms with E-state index in [1.807, 2.05) is 11.6 Å². The molecule has 0 aliphatic carbocycles. The molecule has 2 nitrogen and oxygen atoms in total. The van der Waals surface area contributed by atoms with Crippen LogP contribution in [0.15, 0.2) is 35.9 Å². The van der Waals surface area contributed by atoms with Crippen molar-refractivity contribution < 1.29 is 0 Å². The third kappa shape index (κ3) is 1.76. The summed E-state index contributed by atoms with van der Waals surface area (Å²) in [6, 6.07) is 6.51. The van der Waals surface area contributed by atoms with Gasteiger partial charge in [-0.2, -0.15) is 0 Å². The average molecular weight is 242 g/mol. The van der Waals surface area contributed by atoms with E-state index in [0.29, 0.717) is 0 Å². The molecule has 3 rings (SSSR count). The summed E-state index contributed by atoms with van der Waals surface area (Å²) >= 11 is 1.69. The van der Waals surface area contributed by atoms with Crippen LogP contribution < -0.4 is 4.90 Å². The van der Waals surface area contributed by atoms with Gasteiger partial charge in [0.2, 0.25) is 0 Å². The highest BCUT2D eigenvalue weighted by Gasteiger charge is 2.19. The summed E-state index contributed by atoms with van der Waals surface area (Å²) in [4.78, 5) is 6.73. The number of rotatable bonds is 2. The second-order valence-electron chi connectivity index (χ2n) is 4.04. The molecule has 0 fully saturated rings. The number of benzene rings is 1. The van der Waals surface area contributed by atoms with Gasteiger partial charge >= 0.3 is 0 Å². The molecule has 2 aromatic rings. The van der Waals surface area contributed by atoms with Crippen molar-refractivity contribution in [3.8, 4) is 0 Å². The maximum Gasteiger partial charge on any atom is 0.190 e. The fraction of sp³-hybridized carbons (Fsp3) is 0.214. The number of thiazole rings is 1. The molecular formula is C14H14N2S. The van der Waals surface area contributed by atoms with Gasteiger partial charge in [0.05, 0.1) is 5.69 Å². The maximum atomic E-state index is 4.42. The molecule has 0 bridgehead atoms. The van der Waals surface area contributed by atoms with E-state index in [1.54, 1.807) is 11.3 Å². The molecule has 17 heavy (non-hydrogen) atoms. The minimum Gasteiger partial charge on any atom is -0.313 e. The molecule has 0 spiro atoms. The predicted molar refractivity (Wildman–Crippen MR) is 74.0 cm³/mol. The lowest BCUT2D eigenvalue weighted by Gasteiger charge is -2.28. The number of para-hydroxylation sites is 1. The van der Waals surface area contributed by atoms with E-state index in [1.165, 1.54) is 16.8 Å². The van der Waals surface area contributed by atoms with E-state index in [-0.39, 0.29) is 0 Å². The van der Waals surface area contributed by atoms with Crippen LogP contribution in [-0.2, 0) is 6.42 Å². The quantitative estimate of drug-likeness (QED) is 0.794. The lowest BCUT2D eigenvalue weighted by atomic mass is 10.0. The molecule has 1 aromatic heterocycles. The van der Waals surface area contributed by atoms with Gasteiger partial charge in [0.15, 0.2) is 5.13 Å². The summed E-state index contributed by atoms with van der Waals surface area (Å²) in [6.45, 7) is 3.12. The van der Waals surface area contributed by atoms with E-state index in [9.17, 15) is 0 Å². The highest BCUT2D eigenvalue weighted by Crippen LogP contribution is 2.36. The van der Waals surface area contributed by atoms with Gasteiger partial charge in [-0.3, -0.25) is 0 Å². The Morgan fingerprint density at radius 1 is 1.41 bits per heavy atom. The van der Waals surface area contributed by atoms with E-state index < -0.39 is 0 Å². The Kier molecular flexibility index (Phi) is 2.69. The first-order valence-corrected chi connectivity index (χ1v) is 6.73. The first kappa shape index (κ1) is 10.5. The van der Waals surface area contributed by atoms with E-state index >= 15 is 0 Å². The third-order valence-corrected chi connectivity index (χ3v) is 3.83. The van der Waals surface area contributed by atoms with Gasteiger partial charge in [0.1, 0.15) is 0 Å². The molecule has 2 heterocycles. The standard InChI is InChI=1S/C14H14N2S/c1-2-11-5-3-6-12-7-4-9-16(13(11)12)14-15-8-10-17-14/h3-8,10H,2,9H2,1H3. The summed E-state index contributed by atoms with van der Waals surface area (Å²) in [7, 11) is 0. The average Bonchev–Trinajstić information content (AvgIpc) is 2.91. The molecule has 86 valence electrons. The van der Waals surface area contributed by atoms with E-state index in [2.05, 4.69) is 47.2 Å². The zero-order valence-corrected chi connectivity index (χ0v) is 10.6. The Morgan fingerprint density at radius 2 is 2.35 bits per heavy atom. The van der Waals surface area contributed by atoms with Gasteiger partial charge in [-0.05, 0) is 17.5 Å². The number of nitrogens with zero attached hydrogens (tertiary/aromatic N) is 2. The molecule has 3 heteroatoms. The highest BCUT2D eigenvalue weighted by atomic mass is 32.1. The van der Waals surface area contributed by atoms with Crippen molar-refractivity contribution in [1.29, 1.82) is 0 Å². The van der Waals surface area contributed by atoms with Gasteiger partial charge in [0, 0.05) is 18.1 Å². The monoisotopic (exact) mass is 242 g/mol. The van der Waals surface area contributed by atoms with Crippen LogP contribution in [0.1, 0.15) is 18.1 Å². The SMILES string of the molecule is CCc1cccc2c1N(c1nccs1)CC=C2. The van der Waals surface area contributed by atoms with E-state index in [4.69, 9.17) is 0 Å². The van der Waals surface area contributed by atoms with Crippen LogP contribution in [0.2, 0.25) is 0 Å². The summed E-state index contributed by atoms with van der Waals surface area (Å²) in [5.74, 6) is 0. The molecule has 0 amide bonds. The number of aromatic nitrogens is 1. The molecule has 0 atom stereocenters. The maximum absolute atomic E-state index is 4.42. The Labute approximate surface area is 105 Å². The van der Waals surface area contributed by atoms with Crippen LogP contribution in [0.4, 0.5) is 10.8 Å². The number of aryl methyl sites for hydroxylation is 1. The van der Waals surface area contributed by atoms with Crippen molar-refractivity contribution in [1.82, 2.24) is 4.98 Å². The van der Waals surface area contributed by atoms with Crippen molar-refractivity contribution in [3.05, 3.63) is 47.0 Å². The Bertz CT molecular complexity index is 543. The predicted octanol–water partition coefficient (Wildman–Crippen LogP) is 3.87. The normalized spacial score (nSPS) is 13.8. The van der Waals surface area contributed by atoms with Crippen molar-refractivity contribution in [2.45, 2.75) is 13.3 Å². The molecule has 1 aliphatic heterocycles. The molecule has 0 radical (unpaired) electrons. The lowest BCUT2D eigenvalue weighted by molar-refractivity contribution is 1.02. The Hall–Kier alpha value is -1.61. The summed E-state index contributed by atoms with van der Waals surface area (Å²) in [5.41, 5.74) is 4.01. The number of hydrogen-bond donors (Lipinski definition) is 0. The fourth-order valence-corrected chi connectivity index (χ4v) is 2.92.